The number of hydrogen-bond donors (Lipinski definition) is 1. The van der Waals surface area contributed by atoms with Gasteiger partial charge in [0, 0.05) is 32.8 Å². The van der Waals surface area contributed by atoms with Gasteiger partial charge in [-0.15, -0.1) is 0 Å². The van der Waals surface area contributed by atoms with Crippen molar-refractivity contribution >= 4 is 5.91 Å². The Kier molecular flexibility index (Phi) is 7.26. The fraction of sp³-hybridized carbons (Fsp3) is 0.562. The molecule has 0 saturated carbocycles. The third kappa shape index (κ3) is 5.72. The number of hydrogen-bond acceptors (Lipinski definition) is 3. The number of rotatable bonds is 8. The molecule has 1 aromatic rings. The zero-order valence-corrected chi connectivity index (χ0v) is 12.7. The van der Waals surface area contributed by atoms with E-state index in [-0.39, 0.29) is 12.5 Å². The van der Waals surface area contributed by atoms with Crippen molar-refractivity contribution in [2.45, 2.75) is 32.9 Å². The molecule has 112 valence electrons. The van der Waals surface area contributed by atoms with Crippen LogP contribution in [0.15, 0.2) is 30.3 Å². The van der Waals surface area contributed by atoms with Crippen molar-refractivity contribution in [1.82, 2.24) is 9.80 Å². The highest BCUT2D eigenvalue weighted by molar-refractivity contribution is 5.78. The molecule has 1 aromatic carbocycles. The van der Waals surface area contributed by atoms with Gasteiger partial charge in [0.05, 0.1) is 6.54 Å². The molecule has 4 heteroatoms. The van der Waals surface area contributed by atoms with E-state index in [0.717, 1.165) is 12.1 Å². The summed E-state index contributed by atoms with van der Waals surface area (Å²) in [5, 5.41) is 8.91. The minimum atomic E-state index is 0.112. The van der Waals surface area contributed by atoms with Crippen molar-refractivity contribution in [1.29, 1.82) is 0 Å². The minimum absolute atomic E-state index is 0.112. The van der Waals surface area contributed by atoms with Crippen molar-refractivity contribution in [3.05, 3.63) is 35.9 Å². The summed E-state index contributed by atoms with van der Waals surface area (Å²) >= 11 is 0. The van der Waals surface area contributed by atoms with Gasteiger partial charge >= 0.3 is 0 Å². The Morgan fingerprint density at radius 2 is 1.90 bits per heavy atom. The predicted octanol–water partition coefficient (Wildman–Crippen LogP) is 1.74. The lowest BCUT2D eigenvalue weighted by Gasteiger charge is -2.28. The molecule has 20 heavy (non-hydrogen) atoms. The van der Waals surface area contributed by atoms with E-state index in [0.29, 0.717) is 25.6 Å². The first-order chi connectivity index (χ1) is 9.54. The Labute approximate surface area is 122 Å². The number of carbonyl (C=O) groups is 1. The average Bonchev–Trinajstić information content (AvgIpc) is 2.43. The fourth-order valence-electron chi connectivity index (χ4n) is 2.03. The summed E-state index contributed by atoms with van der Waals surface area (Å²) in [4.78, 5) is 16.1. The van der Waals surface area contributed by atoms with Crippen molar-refractivity contribution in [2.24, 2.45) is 0 Å². The highest BCUT2D eigenvalue weighted by Crippen LogP contribution is 2.05. The Morgan fingerprint density at radius 1 is 1.25 bits per heavy atom. The average molecular weight is 278 g/mol. The van der Waals surface area contributed by atoms with Crippen LogP contribution in [-0.2, 0) is 11.3 Å². The largest absolute Gasteiger partial charge is 0.396 e. The number of aliphatic hydroxyl groups is 1. The van der Waals surface area contributed by atoms with Crippen LogP contribution in [0, 0.1) is 0 Å². The molecule has 1 amide bonds. The molecule has 0 bridgehead atoms. The van der Waals surface area contributed by atoms with E-state index < -0.39 is 0 Å². The van der Waals surface area contributed by atoms with Gasteiger partial charge in [-0.2, -0.15) is 0 Å². The second-order valence-corrected chi connectivity index (χ2v) is 5.38. The van der Waals surface area contributed by atoms with Crippen LogP contribution in [-0.4, -0.2) is 53.6 Å². The van der Waals surface area contributed by atoms with E-state index >= 15 is 0 Å². The van der Waals surface area contributed by atoms with Crippen molar-refractivity contribution in [2.75, 3.05) is 26.7 Å². The number of carbonyl (C=O) groups excluding carboxylic acids is 1. The zero-order chi connectivity index (χ0) is 15.0. The van der Waals surface area contributed by atoms with Crippen LogP contribution < -0.4 is 0 Å². The number of likely N-dealkylation sites (N-methyl/N-ethyl adjacent to an activating group) is 1. The first-order valence-electron chi connectivity index (χ1n) is 7.17. The smallest absolute Gasteiger partial charge is 0.236 e. The van der Waals surface area contributed by atoms with E-state index in [2.05, 4.69) is 18.7 Å². The third-order valence-corrected chi connectivity index (χ3v) is 3.36. The molecule has 0 aliphatic heterocycles. The lowest BCUT2D eigenvalue weighted by Crippen LogP contribution is -2.42. The normalized spacial score (nSPS) is 11.1. The van der Waals surface area contributed by atoms with Gasteiger partial charge in [0.1, 0.15) is 0 Å². The number of amides is 1. The first kappa shape index (κ1) is 16.7. The second kappa shape index (κ2) is 8.72. The second-order valence-electron chi connectivity index (χ2n) is 5.38. The van der Waals surface area contributed by atoms with Crippen LogP contribution in [0.3, 0.4) is 0 Å². The molecule has 0 unspecified atom stereocenters. The summed E-state index contributed by atoms with van der Waals surface area (Å²) in [7, 11) is 1.83. The Morgan fingerprint density at radius 3 is 2.45 bits per heavy atom. The molecule has 0 aliphatic rings. The molecule has 0 radical (unpaired) electrons. The highest BCUT2D eigenvalue weighted by Gasteiger charge is 2.16. The number of nitrogens with zero attached hydrogens (tertiary/aromatic N) is 2. The molecule has 0 atom stereocenters. The molecule has 4 nitrogen and oxygen atoms in total. The molecule has 0 aliphatic carbocycles. The summed E-state index contributed by atoms with van der Waals surface area (Å²) in [6, 6.07) is 10.3. The zero-order valence-electron chi connectivity index (χ0n) is 12.7. The van der Waals surface area contributed by atoms with Crippen molar-refractivity contribution < 1.29 is 9.90 Å². The SMILES string of the molecule is CC(C)N(CCCO)CC(=O)N(C)Cc1ccccc1. The molecule has 0 saturated heterocycles. The maximum Gasteiger partial charge on any atom is 0.236 e. The Balaban J connectivity index is 2.50. The van der Waals surface area contributed by atoms with E-state index in [1.807, 2.05) is 37.4 Å². The summed E-state index contributed by atoms with van der Waals surface area (Å²) < 4.78 is 0. The maximum absolute atomic E-state index is 12.2. The lowest BCUT2D eigenvalue weighted by atomic mass is 10.2. The number of benzene rings is 1. The standard InChI is InChI=1S/C16H26N2O2/c1-14(2)18(10-7-11-19)13-16(20)17(3)12-15-8-5-4-6-9-15/h4-6,8-9,14,19H,7,10-13H2,1-3H3. The molecule has 1 rings (SSSR count). The van der Waals surface area contributed by atoms with E-state index in [1.54, 1.807) is 4.90 Å². The molecule has 0 aromatic heterocycles. The topological polar surface area (TPSA) is 43.8 Å². The number of aliphatic hydroxyl groups excluding tert-OH is 1. The quantitative estimate of drug-likeness (QED) is 0.787. The summed E-state index contributed by atoms with van der Waals surface area (Å²) in [5.41, 5.74) is 1.13. The molecular weight excluding hydrogens is 252 g/mol. The molecular formula is C16H26N2O2. The van der Waals surface area contributed by atoms with Gasteiger partial charge < -0.3 is 10.0 Å². The van der Waals surface area contributed by atoms with Crippen molar-refractivity contribution in [3.8, 4) is 0 Å². The highest BCUT2D eigenvalue weighted by atomic mass is 16.3. The van der Waals surface area contributed by atoms with Crippen LogP contribution >= 0.6 is 0 Å². The van der Waals surface area contributed by atoms with Crippen LogP contribution in [0.1, 0.15) is 25.8 Å². The van der Waals surface area contributed by atoms with Gasteiger partial charge in [-0.1, -0.05) is 30.3 Å². The maximum atomic E-state index is 12.2. The molecule has 0 fully saturated rings. The molecule has 0 spiro atoms. The van der Waals surface area contributed by atoms with Gasteiger partial charge in [-0.25, -0.2) is 0 Å². The Bertz CT molecular complexity index is 393. The lowest BCUT2D eigenvalue weighted by molar-refractivity contribution is -0.132. The Hall–Kier alpha value is -1.39. The van der Waals surface area contributed by atoms with Gasteiger partial charge in [0.2, 0.25) is 5.91 Å². The van der Waals surface area contributed by atoms with Gasteiger partial charge in [-0.05, 0) is 25.8 Å². The molecule has 1 N–H and O–H groups in total. The van der Waals surface area contributed by atoms with Crippen molar-refractivity contribution in [3.63, 3.8) is 0 Å². The summed E-state index contributed by atoms with van der Waals surface area (Å²) in [6.07, 6.45) is 0.702. The predicted molar refractivity (Wildman–Crippen MR) is 81.3 cm³/mol. The van der Waals surface area contributed by atoms with E-state index in [4.69, 9.17) is 5.11 Å². The van der Waals surface area contributed by atoms with Gasteiger partial charge in [0.15, 0.2) is 0 Å². The van der Waals surface area contributed by atoms with Gasteiger partial charge in [0.25, 0.3) is 0 Å². The third-order valence-electron chi connectivity index (χ3n) is 3.36. The van der Waals surface area contributed by atoms with Crippen LogP contribution in [0.5, 0.6) is 0 Å². The minimum Gasteiger partial charge on any atom is -0.396 e. The first-order valence-corrected chi connectivity index (χ1v) is 7.17. The summed E-state index contributed by atoms with van der Waals surface area (Å²) in [5.74, 6) is 0.112. The fourth-order valence-corrected chi connectivity index (χ4v) is 2.03. The molecule has 0 heterocycles. The van der Waals surface area contributed by atoms with Crippen LogP contribution in [0.4, 0.5) is 0 Å². The van der Waals surface area contributed by atoms with Crippen LogP contribution in [0.25, 0.3) is 0 Å². The summed E-state index contributed by atoms with van der Waals surface area (Å²) in [6.45, 7) is 6.09. The van der Waals surface area contributed by atoms with E-state index in [9.17, 15) is 4.79 Å². The van der Waals surface area contributed by atoms with E-state index in [1.165, 1.54) is 0 Å². The monoisotopic (exact) mass is 278 g/mol. The van der Waals surface area contributed by atoms with Gasteiger partial charge in [-0.3, -0.25) is 9.69 Å². The van der Waals surface area contributed by atoms with Crippen LogP contribution in [0.2, 0.25) is 0 Å².